The van der Waals surface area contributed by atoms with Crippen LogP contribution in [0.25, 0.3) is 0 Å². The molecule has 0 spiro atoms. The molecule has 1 atom stereocenters. The van der Waals surface area contributed by atoms with Crippen LogP contribution in [0.1, 0.15) is 19.8 Å². The lowest BCUT2D eigenvalue weighted by molar-refractivity contribution is -0.118. The van der Waals surface area contributed by atoms with Gasteiger partial charge in [0.25, 0.3) is 5.91 Å². The third kappa shape index (κ3) is 3.61. The van der Waals surface area contributed by atoms with E-state index in [0.717, 1.165) is 36.5 Å². The number of nitrogens with one attached hydrogen (secondary N) is 1. The zero-order valence-corrected chi connectivity index (χ0v) is 11.5. The van der Waals surface area contributed by atoms with Gasteiger partial charge in [-0.05, 0) is 38.0 Å². The van der Waals surface area contributed by atoms with Gasteiger partial charge in [0.2, 0.25) is 0 Å². The third-order valence-electron chi connectivity index (χ3n) is 3.19. The van der Waals surface area contributed by atoms with Gasteiger partial charge in [0.1, 0.15) is 5.75 Å². The molecule has 1 aromatic carbocycles. The fourth-order valence-electron chi connectivity index (χ4n) is 2.09. The van der Waals surface area contributed by atoms with Crippen LogP contribution in [-0.4, -0.2) is 32.1 Å². The molecule has 19 heavy (non-hydrogen) atoms. The molecule has 1 aromatic rings. The number of carbonyl (C=O) groups is 1. The Kier molecular flexibility index (Phi) is 4.27. The van der Waals surface area contributed by atoms with Crippen LogP contribution in [0.5, 0.6) is 5.75 Å². The summed E-state index contributed by atoms with van der Waals surface area (Å²) in [7, 11) is 2.04. The first kappa shape index (κ1) is 13.7. The summed E-state index contributed by atoms with van der Waals surface area (Å²) in [6, 6.07) is 6.08. The SMILES string of the molecule is CC(N)CCCN(C)c1ccc2c(c1)NC(=O)CO2. The Labute approximate surface area is 113 Å². The lowest BCUT2D eigenvalue weighted by Gasteiger charge is -2.23. The van der Waals surface area contributed by atoms with E-state index < -0.39 is 0 Å². The molecular weight excluding hydrogens is 242 g/mol. The fourth-order valence-corrected chi connectivity index (χ4v) is 2.09. The van der Waals surface area contributed by atoms with Gasteiger partial charge in [0, 0.05) is 25.3 Å². The Bertz CT molecular complexity index is 460. The monoisotopic (exact) mass is 263 g/mol. The van der Waals surface area contributed by atoms with Gasteiger partial charge in [0.15, 0.2) is 6.61 Å². The van der Waals surface area contributed by atoms with Crippen molar-refractivity contribution in [1.29, 1.82) is 0 Å². The quantitative estimate of drug-likeness (QED) is 0.846. The number of ether oxygens (including phenoxy) is 1. The van der Waals surface area contributed by atoms with E-state index in [-0.39, 0.29) is 18.6 Å². The van der Waals surface area contributed by atoms with Gasteiger partial charge in [-0.1, -0.05) is 0 Å². The van der Waals surface area contributed by atoms with Crippen LogP contribution in [0.4, 0.5) is 11.4 Å². The third-order valence-corrected chi connectivity index (χ3v) is 3.19. The Hall–Kier alpha value is -1.75. The van der Waals surface area contributed by atoms with E-state index in [1.807, 2.05) is 32.2 Å². The maximum absolute atomic E-state index is 11.3. The molecule has 0 aromatic heterocycles. The van der Waals surface area contributed by atoms with Crippen molar-refractivity contribution in [3.8, 4) is 5.75 Å². The van der Waals surface area contributed by atoms with Crippen molar-refractivity contribution in [3.05, 3.63) is 18.2 Å². The minimum atomic E-state index is -0.107. The van der Waals surface area contributed by atoms with Gasteiger partial charge in [-0.3, -0.25) is 4.79 Å². The predicted molar refractivity (Wildman–Crippen MR) is 76.7 cm³/mol. The van der Waals surface area contributed by atoms with E-state index in [9.17, 15) is 4.79 Å². The highest BCUT2D eigenvalue weighted by atomic mass is 16.5. The molecule has 1 aliphatic heterocycles. The van der Waals surface area contributed by atoms with Crippen LogP contribution in [0.15, 0.2) is 18.2 Å². The molecule has 2 rings (SSSR count). The number of nitrogens with zero attached hydrogens (tertiary/aromatic N) is 1. The van der Waals surface area contributed by atoms with E-state index in [0.29, 0.717) is 0 Å². The van der Waals surface area contributed by atoms with E-state index >= 15 is 0 Å². The molecule has 0 bridgehead atoms. The standard InChI is InChI=1S/C14H21N3O2/c1-10(15)4-3-7-17(2)11-5-6-13-12(8-11)16-14(18)9-19-13/h5-6,8,10H,3-4,7,9,15H2,1-2H3,(H,16,18). The number of rotatable bonds is 5. The van der Waals surface area contributed by atoms with Crippen molar-refractivity contribution in [2.24, 2.45) is 5.73 Å². The molecule has 0 fully saturated rings. The second-order valence-electron chi connectivity index (χ2n) is 5.06. The lowest BCUT2D eigenvalue weighted by atomic mass is 10.1. The summed E-state index contributed by atoms with van der Waals surface area (Å²) in [6.07, 6.45) is 2.06. The van der Waals surface area contributed by atoms with Crippen LogP contribution in [0.2, 0.25) is 0 Å². The van der Waals surface area contributed by atoms with Crippen LogP contribution < -0.4 is 20.7 Å². The minimum Gasteiger partial charge on any atom is -0.482 e. The summed E-state index contributed by atoms with van der Waals surface area (Å²) in [4.78, 5) is 13.4. The highest BCUT2D eigenvalue weighted by Crippen LogP contribution is 2.31. The molecule has 0 saturated carbocycles. The van der Waals surface area contributed by atoms with Crippen molar-refractivity contribution >= 4 is 17.3 Å². The van der Waals surface area contributed by atoms with Crippen LogP contribution in [0, 0.1) is 0 Å². The van der Waals surface area contributed by atoms with Crippen LogP contribution in [-0.2, 0) is 4.79 Å². The highest BCUT2D eigenvalue weighted by Gasteiger charge is 2.16. The van der Waals surface area contributed by atoms with Crippen LogP contribution >= 0.6 is 0 Å². The molecule has 0 saturated heterocycles. The number of amides is 1. The minimum absolute atomic E-state index is 0.0938. The largest absolute Gasteiger partial charge is 0.482 e. The predicted octanol–water partition coefficient (Wildman–Crippen LogP) is 1.58. The van der Waals surface area contributed by atoms with E-state index in [1.54, 1.807) is 0 Å². The van der Waals surface area contributed by atoms with Crippen LogP contribution in [0.3, 0.4) is 0 Å². The lowest BCUT2D eigenvalue weighted by Crippen LogP contribution is -2.26. The van der Waals surface area contributed by atoms with Crippen molar-refractivity contribution in [3.63, 3.8) is 0 Å². The molecule has 0 radical (unpaired) electrons. The summed E-state index contributed by atoms with van der Waals surface area (Å²) in [6.45, 7) is 3.05. The Morgan fingerprint density at radius 3 is 3.05 bits per heavy atom. The number of nitrogens with two attached hydrogens (primary N) is 1. The molecule has 1 aliphatic rings. The van der Waals surface area contributed by atoms with Crippen molar-refractivity contribution in [2.45, 2.75) is 25.8 Å². The molecular formula is C14H21N3O2. The van der Waals surface area contributed by atoms with E-state index in [1.165, 1.54) is 0 Å². The van der Waals surface area contributed by atoms with Gasteiger partial charge in [-0.25, -0.2) is 0 Å². The van der Waals surface area contributed by atoms with Gasteiger partial charge in [0.05, 0.1) is 5.69 Å². The number of benzene rings is 1. The topological polar surface area (TPSA) is 67.6 Å². The average Bonchev–Trinajstić information content (AvgIpc) is 2.37. The summed E-state index contributed by atoms with van der Waals surface area (Å²) in [5.41, 5.74) is 7.55. The molecule has 5 heteroatoms. The normalized spacial score (nSPS) is 15.2. The number of fused-ring (bicyclic) bond motifs is 1. The van der Waals surface area contributed by atoms with E-state index in [2.05, 4.69) is 10.2 Å². The molecule has 1 unspecified atom stereocenters. The van der Waals surface area contributed by atoms with Crippen molar-refractivity contribution in [2.75, 3.05) is 30.4 Å². The molecule has 0 aliphatic carbocycles. The number of carbonyl (C=O) groups excluding carboxylic acids is 1. The van der Waals surface area contributed by atoms with Crippen molar-refractivity contribution in [1.82, 2.24) is 0 Å². The number of hydrogen-bond acceptors (Lipinski definition) is 4. The van der Waals surface area contributed by atoms with Gasteiger partial charge >= 0.3 is 0 Å². The first-order valence-corrected chi connectivity index (χ1v) is 6.59. The van der Waals surface area contributed by atoms with Crippen molar-refractivity contribution < 1.29 is 9.53 Å². The second kappa shape index (κ2) is 5.93. The Morgan fingerprint density at radius 1 is 1.53 bits per heavy atom. The fraction of sp³-hybridized carbons (Fsp3) is 0.500. The summed E-state index contributed by atoms with van der Waals surface area (Å²) in [5, 5.41) is 2.82. The van der Waals surface area contributed by atoms with E-state index in [4.69, 9.17) is 10.5 Å². The zero-order chi connectivity index (χ0) is 13.8. The molecule has 104 valence electrons. The molecule has 5 nitrogen and oxygen atoms in total. The number of hydrogen-bond donors (Lipinski definition) is 2. The Morgan fingerprint density at radius 2 is 2.32 bits per heavy atom. The maximum Gasteiger partial charge on any atom is 0.262 e. The van der Waals surface area contributed by atoms with Gasteiger partial charge in [-0.15, -0.1) is 0 Å². The Balaban J connectivity index is 2.00. The first-order valence-electron chi connectivity index (χ1n) is 6.59. The summed E-state index contributed by atoms with van der Waals surface area (Å²) in [5.74, 6) is 0.622. The smallest absolute Gasteiger partial charge is 0.262 e. The highest BCUT2D eigenvalue weighted by molar-refractivity contribution is 5.96. The molecule has 3 N–H and O–H groups in total. The first-order chi connectivity index (χ1) is 9.06. The van der Waals surface area contributed by atoms with Gasteiger partial charge in [-0.2, -0.15) is 0 Å². The summed E-state index contributed by atoms with van der Waals surface area (Å²) >= 11 is 0. The molecule has 1 heterocycles. The number of anilines is 2. The zero-order valence-electron chi connectivity index (χ0n) is 11.5. The second-order valence-corrected chi connectivity index (χ2v) is 5.06. The summed E-state index contributed by atoms with van der Waals surface area (Å²) < 4.78 is 5.34. The molecule has 1 amide bonds. The average molecular weight is 263 g/mol. The maximum atomic E-state index is 11.3. The van der Waals surface area contributed by atoms with Gasteiger partial charge < -0.3 is 20.7 Å².